The number of carbonyl (C=O) groups excluding carboxylic acids is 1. The van der Waals surface area contributed by atoms with Crippen molar-refractivity contribution in [2.45, 2.75) is 71.4 Å². The van der Waals surface area contributed by atoms with Crippen LogP contribution in [-0.4, -0.2) is 36.7 Å². The van der Waals surface area contributed by atoms with E-state index < -0.39 is 30.7 Å². The van der Waals surface area contributed by atoms with Gasteiger partial charge in [0, 0.05) is 6.04 Å². The number of halogens is 2. The number of amides is 1. The minimum Gasteiger partial charge on any atom is -0.444 e. The van der Waals surface area contributed by atoms with Crippen LogP contribution < -0.4 is 10.6 Å². The smallest absolute Gasteiger partial charge is 0.407 e. The first kappa shape index (κ1) is 18.1. The molecule has 2 N–H and O–H groups in total. The molecule has 1 aliphatic carbocycles. The number of ether oxygens (including phenoxy) is 1. The summed E-state index contributed by atoms with van der Waals surface area (Å²) >= 11 is 0. The molecule has 1 saturated carbocycles. The fourth-order valence-corrected chi connectivity index (χ4v) is 2.48. The van der Waals surface area contributed by atoms with E-state index in [-0.39, 0.29) is 11.5 Å². The summed E-state index contributed by atoms with van der Waals surface area (Å²) < 4.78 is 32.4. The van der Waals surface area contributed by atoms with Gasteiger partial charge in [0.15, 0.2) is 0 Å². The molecule has 1 rings (SSSR count). The van der Waals surface area contributed by atoms with Crippen LogP contribution in [0.5, 0.6) is 0 Å². The highest BCUT2D eigenvalue weighted by atomic mass is 19.3. The maximum atomic E-state index is 13.7. The molecule has 0 saturated heterocycles. The molecule has 0 bridgehead atoms. The third-order valence-electron chi connectivity index (χ3n) is 3.51. The van der Waals surface area contributed by atoms with E-state index in [2.05, 4.69) is 24.5 Å². The van der Waals surface area contributed by atoms with E-state index >= 15 is 0 Å². The van der Waals surface area contributed by atoms with Crippen LogP contribution in [0.25, 0.3) is 0 Å². The first-order chi connectivity index (χ1) is 9.39. The van der Waals surface area contributed by atoms with E-state index in [4.69, 9.17) is 4.74 Å². The lowest BCUT2D eigenvalue weighted by molar-refractivity contribution is -0.00561. The molecule has 6 heteroatoms. The van der Waals surface area contributed by atoms with Gasteiger partial charge in [-0.15, -0.1) is 0 Å². The number of carbonyl (C=O) groups is 1. The van der Waals surface area contributed by atoms with Gasteiger partial charge in [-0.3, -0.25) is 0 Å². The molecule has 1 aliphatic rings. The van der Waals surface area contributed by atoms with Gasteiger partial charge in [0.25, 0.3) is 5.92 Å². The van der Waals surface area contributed by atoms with Crippen molar-refractivity contribution in [3.05, 3.63) is 0 Å². The quantitative estimate of drug-likeness (QED) is 0.819. The SMILES string of the molecule is CC1(C)CCC(NCC(F)(F)CNC(=O)OC(C)(C)C)C1. The average molecular weight is 306 g/mol. The van der Waals surface area contributed by atoms with Gasteiger partial charge in [-0.2, -0.15) is 0 Å². The third kappa shape index (κ3) is 7.60. The fraction of sp³-hybridized carbons (Fsp3) is 0.933. The Balaban J connectivity index is 2.29. The van der Waals surface area contributed by atoms with Crippen LogP contribution in [0.1, 0.15) is 53.9 Å². The minimum atomic E-state index is -2.98. The predicted molar refractivity (Wildman–Crippen MR) is 78.6 cm³/mol. The Morgan fingerprint density at radius 3 is 2.38 bits per heavy atom. The Morgan fingerprint density at radius 1 is 1.29 bits per heavy atom. The summed E-state index contributed by atoms with van der Waals surface area (Å²) in [5.74, 6) is -2.98. The van der Waals surface area contributed by atoms with Gasteiger partial charge in [-0.1, -0.05) is 13.8 Å². The number of alkyl halides is 2. The second-order valence-corrected chi connectivity index (χ2v) is 7.70. The van der Waals surface area contributed by atoms with Gasteiger partial charge >= 0.3 is 6.09 Å². The minimum absolute atomic E-state index is 0.132. The van der Waals surface area contributed by atoms with Crippen LogP contribution in [0.15, 0.2) is 0 Å². The Labute approximate surface area is 126 Å². The van der Waals surface area contributed by atoms with Gasteiger partial charge in [-0.05, 0) is 45.4 Å². The van der Waals surface area contributed by atoms with Crippen molar-refractivity contribution in [3.8, 4) is 0 Å². The Hall–Kier alpha value is -0.910. The summed E-state index contributed by atoms with van der Waals surface area (Å²) in [5.41, 5.74) is -0.464. The van der Waals surface area contributed by atoms with Crippen molar-refractivity contribution in [1.29, 1.82) is 0 Å². The van der Waals surface area contributed by atoms with E-state index in [0.29, 0.717) is 0 Å². The number of alkyl carbamates (subject to hydrolysis) is 1. The van der Waals surface area contributed by atoms with Crippen molar-refractivity contribution in [1.82, 2.24) is 10.6 Å². The van der Waals surface area contributed by atoms with Gasteiger partial charge in [0.2, 0.25) is 0 Å². The monoisotopic (exact) mass is 306 g/mol. The highest BCUT2D eigenvalue weighted by molar-refractivity contribution is 5.67. The Kier molecular flexibility index (Phi) is 5.58. The molecule has 0 aliphatic heterocycles. The molecule has 1 amide bonds. The normalized spacial score (nSPS) is 22.1. The maximum absolute atomic E-state index is 13.7. The zero-order valence-electron chi connectivity index (χ0n) is 13.7. The second kappa shape index (κ2) is 6.46. The van der Waals surface area contributed by atoms with Crippen LogP contribution in [0.4, 0.5) is 13.6 Å². The van der Waals surface area contributed by atoms with Crippen LogP contribution in [0, 0.1) is 5.41 Å². The number of hydrogen-bond acceptors (Lipinski definition) is 3. The second-order valence-electron chi connectivity index (χ2n) is 7.70. The van der Waals surface area contributed by atoms with Crippen LogP contribution in [0.2, 0.25) is 0 Å². The summed E-state index contributed by atoms with van der Waals surface area (Å²) in [7, 11) is 0. The zero-order valence-corrected chi connectivity index (χ0v) is 13.7. The van der Waals surface area contributed by atoms with Crippen LogP contribution >= 0.6 is 0 Å². The molecule has 0 aromatic heterocycles. The molecule has 0 heterocycles. The summed E-state index contributed by atoms with van der Waals surface area (Å²) in [5, 5.41) is 5.03. The average Bonchev–Trinajstić information content (AvgIpc) is 2.62. The van der Waals surface area contributed by atoms with Crippen LogP contribution in [0.3, 0.4) is 0 Å². The molecule has 1 atom stereocenters. The van der Waals surface area contributed by atoms with Gasteiger partial charge in [0.1, 0.15) is 5.60 Å². The number of rotatable bonds is 5. The molecule has 21 heavy (non-hydrogen) atoms. The molecule has 0 aromatic rings. The molecule has 0 radical (unpaired) electrons. The summed E-state index contributed by atoms with van der Waals surface area (Å²) in [4.78, 5) is 11.4. The fourth-order valence-electron chi connectivity index (χ4n) is 2.48. The highest BCUT2D eigenvalue weighted by Gasteiger charge is 2.35. The summed E-state index contributed by atoms with van der Waals surface area (Å²) in [6, 6.07) is 0.132. The maximum Gasteiger partial charge on any atom is 0.407 e. The van der Waals surface area contributed by atoms with Crippen LogP contribution in [-0.2, 0) is 4.74 Å². The van der Waals surface area contributed by atoms with E-state index in [1.54, 1.807) is 20.8 Å². The molecule has 0 aromatic carbocycles. The van der Waals surface area contributed by atoms with E-state index in [1.165, 1.54) is 0 Å². The Morgan fingerprint density at radius 2 is 1.90 bits per heavy atom. The lowest BCUT2D eigenvalue weighted by atomic mass is 9.92. The standard InChI is InChI=1S/C15H28F2N2O2/c1-13(2,3)21-12(20)19-10-15(16,17)9-18-11-6-7-14(4,5)8-11/h11,18H,6-10H2,1-5H3,(H,19,20). The third-order valence-corrected chi connectivity index (χ3v) is 3.51. The number of nitrogens with one attached hydrogen (secondary N) is 2. The molecule has 0 spiro atoms. The van der Waals surface area contributed by atoms with E-state index in [1.807, 2.05) is 0 Å². The van der Waals surface area contributed by atoms with E-state index in [9.17, 15) is 13.6 Å². The van der Waals surface area contributed by atoms with Gasteiger partial charge in [-0.25, -0.2) is 13.6 Å². The van der Waals surface area contributed by atoms with E-state index in [0.717, 1.165) is 19.3 Å². The lowest BCUT2D eigenvalue weighted by Gasteiger charge is -2.23. The summed E-state index contributed by atoms with van der Waals surface area (Å²) in [6.45, 7) is 8.22. The summed E-state index contributed by atoms with van der Waals surface area (Å²) in [6.07, 6.45) is 2.06. The van der Waals surface area contributed by atoms with Gasteiger partial charge < -0.3 is 15.4 Å². The zero-order chi connectivity index (χ0) is 16.3. The molecule has 1 unspecified atom stereocenters. The largest absolute Gasteiger partial charge is 0.444 e. The Bertz CT molecular complexity index is 365. The van der Waals surface area contributed by atoms with Crippen molar-refractivity contribution in [2.24, 2.45) is 5.41 Å². The lowest BCUT2D eigenvalue weighted by Crippen LogP contribution is -2.46. The van der Waals surface area contributed by atoms with Crippen molar-refractivity contribution in [3.63, 3.8) is 0 Å². The molecule has 124 valence electrons. The molecule has 1 fully saturated rings. The van der Waals surface area contributed by atoms with Crippen molar-refractivity contribution < 1.29 is 18.3 Å². The first-order valence-electron chi connectivity index (χ1n) is 7.47. The van der Waals surface area contributed by atoms with Gasteiger partial charge in [0.05, 0.1) is 13.1 Å². The topological polar surface area (TPSA) is 50.4 Å². The molecular formula is C15H28F2N2O2. The molecular weight excluding hydrogens is 278 g/mol. The highest BCUT2D eigenvalue weighted by Crippen LogP contribution is 2.37. The van der Waals surface area contributed by atoms with Crippen molar-refractivity contribution in [2.75, 3.05) is 13.1 Å². The van der Waals surface area contributed by atoms with Crippen molar-refractivity contribution >= 4 is 6.09 Å². The predicted octanol–water partition coefficient (Wildman–Crippen LogP) is 3.31. The number of hydrogen-bond donors (Lipinski definition) is 2. The molecule has 4 nitrogen and oxygen atoms in total. The first-order valence-corrected chi connectivity index (χ1v) is 7.47.